The Morgan fingerprint density at radius 1 is 1.24 bits per heavy atom. The van der Waals surface area contributed by atoms with Crippen LogP contribution in [0.15, 0.2) is 36.5 Å². The summed E-state index contributed by atoms with van der Waals surface area (Å²) in [5, 5.41) is 1.59. The second kappa shape index (κ2) is 6.89. The number of esters is 1. The van der Waals surface area contributed by atoms with E-state index in [0.29, 0.717) is 5.82 Å². The van der Waals surface area contributed by atoms with E-state index in [0.717, 1.165) is 40.4 Å². The number of pyridine rings is 2. The molecule has 128 valence electrons. The predicted molar refractivity (Wildman–Crippen MR) is 99.5 cm³/mol. The lowest BCUT2D eigenvalue weighted by atomic mass is 10.0. The molecular weight excluding hydrogens is 314 g/mol. The number of anilines is 1. The third-order valence-corrected chi connectivity index (χ3v) is 4.31. The van der Waals surface area contributed by atoms with Gasteiger partial charge in [-0.1, -0.05) is 31.5 Å². The molecule has 3 aromatic rings. The Bertz CT molecular complexity index is 951. The van der Waals surface area contributed by atoms with E-state index in [9.17, 15) is 4.79 Å². The lowest BCUT2D eigenvalue weighted by molar-refractivity contribution is 0.0593. The molecule has 5 nitrogen and oxygen atoms in total. The average Bonchev–Trinajstić information content (AvgIpc) is 2.64. The highest BCUT2D eigenvalue weighted by molar-refractivity contribution is 6.01. The van der Waals surface area contributed by atoms with Crippen LogP contribution in [-0.4, -0.2) is 23.0 Å². The third kappa shape index (κ3) is 3.18. The van der Waals surface area contributed by atoms with Crippen molar-refractivity contribution < 1.29 is 9.53 Å². The van der Waals surface area contributed by atoms with E-state index in [-0.39, 0.29) is 5.69 Å². The summed E-state index contributed by atoms with van der Waals surface area (Å²) in [5.41, 5.74) is 10.2. The van der Waals surface area contributed by atoms with E-state index >= 15 is 0 Å². The van der Waals surface area contributed by atoms with Gasteiger partial charge in [-0.25, -0.2) is 9.78 Å². The highest BCUT2D eigenvalue weighted by atomic mass is 16.5. The smallest absolute Gasteiger partial charge is 0.357 e. The highest BCUT2D eigenvalue weighted by Gasteiger charge is 2.17. The molecule has 0 amide bonds. The number of aryl methyl sites for hydroxylation is 2. The number of hydrogen-bond donors (Lipinski definition) is 1. The first-order valence-corrected chi connectivity index (χ1v) is 8.28. The predicted octanol–water partition coefficient (Wildman–Crippen LogP) is 3.93. The summed E-state index contributed by atoms with van der Waals surface area (Å²) < 4.78 is 4.77. The van der Waals surface area contributed by atoms with Gasteiger partial charge >= 0.3 is 5.97 Å². The van der Waals surface area contributed by atoms with E-state index < -0.39 is 5.97 Å². The van der Waals surface area contributed by atoms with Crippen LogP contribution in [0.5, 0.6) is 0 Å². The zero-order valence-electron chi connectivity index (χ0n) is 14.7. The van der Waals surface area contributed by atoms with Crippen molar-refractivity contribution >= 4 is 22.6 Å². The molecule has 3 rings (SSSR count). The molecule has 1 aromatic carbocycles. The van der Waals surface area contributed by atoms with Gasteiger partial charge in [-0.05, 0) is 36.6 Å². The molecule has 0 saturated carbocycles. The number of nitrogens with zero attached hydrogens (tertiary/aromatic N) is 2. The van der Waals surface area contributed by atoms with Crippen LogP contribution < -0.4 is 5.73 Å². The molecule has 2 N–H and O–H groups in total. The Hall–Kier alpha value is -2.95. The minimum absolute atomic E-state index is 0.229. The van der Waals surface area contributed by atoms with Gasteiger partial charge in [0.15, 0.2) is 5.69 Å². The quantitative estimate of drug-likeness (QED) is 0.731. The molecule has 0 bridgehead atoms. The Morgan fingerprint density at radius 2 is 2.04 bits per heavy atom. The van der Waals surface area contributed by atoms with Gasteiger partial charge in [0.05, 0.1) is 12.8 Å². The van der Waals surface area contributed by atoms with Crippen molar-refractivity contribution in [2.45, 2.75) is 26.7 Å². The monoisotopic (exact) mass is 335 g/mol. The third-order valence-electron chi connectivity index (χ3n) is 4.31. The van der Waals surface area contributed by atoms with Crippen molar-refractivity contribution in [2.75, 3.05) is 12.8 Å². The minimum atomic E-state index is -0.498. The van der Waals surface area contributed by atoms with Crippen molar-refractivity contribution in [1.29, 1.82) is 0 Å². The minimum Gasteiger partial charge on any atom is -0.464 e. The maximum absolute atomic E-state index is 11.9. The summed E-state index contributed by atoms with van der Waals surface area (Å²) in [6.45, 7) is 3.99. The van der Waals surface area contributed by atoms with Crippen LogP contribution in [0.1, 0.15) is 35.0 Å². The lowest BCUT2D eigenvalue weighted by Crippen LogP contribution is -2.09. The van der Waals surface area contributed by atoms with E-state index in [1.54, 1.807) is 6.20 Å². The molecule has 2 heterocycles. The molecule has 0 aliphatic carbocycles. The van der Waals surface area contributed by atoms with E-state index in [1.165, 1.54) is 12.7 Å². The van der Waals surface area contributed by atoms with Gasteiger partial charge in [-0.15, -0.1) is 0 Å². The van der Waals surface area contributed by atoms with Gasteiger partial charge in [0, 0.05) is 22.5 Å². The van der Waals surface area contributed by atoms with E-state index in [1.807, 2.05) is 25.1 Å². The summed E-state index contributed by atoms with van der Waals surface area (Å²) in [6.07, 6.45) is 3.88. The molecule has 0 atom stereocenters. The maximum atomic E-state index is 11.9. The van der Waals surface area contributed by atoms with Crippen molar-refractivity contribution in [3.8, 4) is 11.3 Å². The number of fused-ring (bicyclic) bond motifs is 1. The van der Waals surface area contributed by atoms with Crippen LogP contribution in [0.25, 0.3) is 22.0 Å². The lowest BCUT2D eigenvalue weighted by Gasteiger charge is -2.11. The van der Waals surface area contributed by atoms with Crippen molar-refractivity contribution in [1.82, 2.24) is 9.97 Å². The molecule has 0 saturated heterocycles. The number of aromatic nitrogens is 2. The fraction of sp³-hybridized carbons (Fsp3) is 0.250. The molecule has 5 heteroatoms. The van der Waals surface area contributed by atoms with Gasteiger partial charge in [-0.3, -0.25) is 4.98 Å². The summed E-state index contributed by atoms with van der Waals surface area (Å²) in [4.78, 5) is 20.7. The van der Waals surface area contributed by atoms with Crippen LogP contribution in [0.3, 0.4) is 0 Å². The second-order valence-corrected chi connectivity index (χ2v) is 6.03. The van der Waals surface area contributed by atoms with Gasteiger partial charge in [-0.2, -0.15) is 0 Å². The Kier molecular flexibility index (Phi) is 4.65. The molecule has 0 unspecified atom stereocenters. The number of nitrogen functional groups attached to an aromatic ring is 1. The van der Waals surface area contributed by atoms with Crippen LogP contribution in [0, 0.1) is 6.92 Å². The van der Waals surface area contributed by atoms with Crippen LogP contribution in [0.4, 0.5) is 5.82 Å². The molecule has 0 aliphatic rings. The first-order chi connectivity index (χ1) is 12.0. The zero-order chi connectivity index (χ0) is 18.0. The number of carbonyl (C=O) groups is 1. The number of ether oxygens (including phenoxy) is 1. The van der Waals surface area contributed by atoms with Gasteiger partial charge in [0.1, 0.15) is 5.82 Å². The molecule has 25 heavy (non-hydrogen) atoms. The number of carbonyl (C=O) groups excluding carboxylic acids is 1. The number of nitrogens with two attached hydrogens (primary N) is 1. The van der Waals surface area contributed by atoms with Crippen LogP contribution in [-0.2, 0) is 11.2 Å². The van der Waals surface area contributed by atoms with Gasteiger partial charge < -0.3 is 10.5 Å². The molecule has 2 aromatic heterocycles. The SMILES string of the molecule is CCCc1cccc(-c2cc3c(N)nc(C(=O)OC)c(C)c3cn2)c1. The Balaban J connectivity index is 2.13. The standard InChI is InChI=1S/C20H21N3O2/c1-4-6-13-7-5-8-14(9-13)17-10-15-16(11-22-17)12(2)18(20(24)25-3)23-19(15)21/h5,7-11H,4,6H2,1-3H3,(H2,21,23). The molecule has 0 spiro atoms. The van der Waals surface area contributed by atoms with Gasteiger partial charge in [0.25, 0.3) is 0 Å². The molecule has 0 fully saturated rings. The fourth-order valence-electron chi connectivity index (χ4n) is 2.99. The molecule has 0 radical (unpaired) electrons. The summed E-state index contributed by atoms with van der Waals surface area (Å²) >= 11 is 0. The number of benzene rings is 1. The number of hydrogen-bond acceptors (Lipinski definition) is 5. The summed E-state index contributed by atoms with van der Waals surface area (Å²) in [5.74, 6) is -0.197. The molecular formula is C20H21N3O2. The molecule has 0 aliphatic heterocycles. The van der Waals surface area contributed by atoms with Crippen LogP contribution >= 0.6 is 0 Å². The average molecular weight is 335 g/mol. The summed E-state index contributed by atoms with van der Waals surface area (Å²) in [7, 11) is 1.33. The van der Waals surface area contributed by atoms with Crippen LogP contribution in [0.2, 0.25) is 0 Å². The van der Waals surface area contributed by atoms with Crippen molar-refractivity contribution in [2.24, 2.45) is 0 Å². The topological polar surface area (TPSA) is 78.1 Å². The van der Waals surface area contributed by atoms with Crippen molar-refractivity contribution in [3.05, 3.63) is 53.3 Å². The second-order valence-electron chi connectivity index (χ2n) is 6.03. The normalized spacial score (nSPS) is 10.8. The Morgan fingerprint density at radius 3 is 2.76 bits per heavy atom. The summed E-state index contributed by atoms with van der Waals surface area (Å²) in [6, 6.07) is 10.3. The van der Waals surface area contributed by atoms with Crippen molar-refractivity contribution in [3.63, 3.8) is 0 Å². The highest BCUT2D eigenvalue weighted by Crippen LogP contribution is 2.29. The largest absolute Gasteiger partial charge is 0.464 e. The van der Waals surface area contributed by atoms with Gasteiger partial charge in [0.2, 0.25) is 0 Å². The fourth-order valence-corrected chi connectivity index (χ4v) is 2.99. The van der Waals surface area contributed by atoms with E-state index in [4.69, 9.17) is 10.5 Å². The number of methoxy groups -OCH3 is 1. The first kappa shape index (κ1) is 16.9. The maximum Gasteiger partial charge on any atom is 0.357 e. The first-order valence-electron chi connectivity index (χ1n) is 8.28. The Labute approximate surface area is 146 Å². The zero-order valence-corrected chi connectivity index (χ0v) is 14.7. The van der Waals surface area contributed by atoms with E-state index in [2.05, 4.69) is 29.0 Å². The number of rotatable bonds is 4.